The van der Waals surface area contributed by atoms with Crippen LogP contribution in [0.2, 0.25) is 0 Å². The molecule has 0 heterocycles. The second-order valence-corrected chi connectivity index (χ2v) is 5.53. The molecule has 134 valence electrons. The van der Waals surface area contributed by atoms with E-state index in [2.05, 4.69) is 0 Å². The molecule has 0 aromatic rings. The van der Waals surface area contributed by atoms with Gasteiger partial charge in [-0.25, -0.2) is 0 Å². The highest BCUT2D eigenvalue weighted by Gasteiger charge is 2.50. The highest BCUT2D eigenvalue weighted by molar-refractivity contribution is 5.01. The zero-order valence-corrected chi connectivity index (χ0v) is 12.8. The minimum absolute atomic E-state index is 0.0145. The molecule has 8 heteroatoms. The zero-order chi connectivity index (χ0) is 17.2. The molecule has 0 amide bonds. The van der Waals surface area contributed by atoms with E-state index in [4.69, 9.17) is 15.3 Å². The Morgan fingerprint density at radius 2 is 1.00 bits per heavy atom. The van der Waals surface area contributed by atoms with Gasteiger partial charge in [-0.15, -0.1) is 0 Å². The van der Waals surface area contributed by atoms with Crippen molar-refractivity contribution in [3.63, 3.8) is 0 Å². The molecule has 8 N–H and O–H groups in total. The summed E-state index contributed by atoms with van der Waals surface area (Å²) in [5.74, 6) is 0. The molecule has 0 rings (SSSR count). The second-order valence-electron chi connectivity index (χ2n) is 5.53. The van der Waals surface area contributed by atoms with Gasteiger partial charge in [0, 0.05) is 19.8 Å². The van der Waals surface area contributed by atoms with Crippen LogP contribution in [0.25, 0.3) is 0 Å². The Morgan fingerprint density at radius 1 is 0.636 bits per heavy atom. The van der Waals surface area contributed by atoms with Crippen LogP contribution in [0, 0.1) is 0 Å². The third-order valence-electron chi connectivity index (χ3n) is 3.84. The Kier molecular flexibility index (Phi) is 11.1. The Bertz CT molecular complexity index is 262. The fraction of sp³-hybridized carbons (Fsp3) is 1.00. The molecular weight excluding hydrogens is 296 g/mol. The molecule has 0 aromatic heterocycles. The van der Waals surface area contributed by atoms with Crippen molar-refractivity contribution >= 4 is 0 Å². The van der Waals surface area contributed by atoms with Crippen LogP contribution in [-0.2, 0) is 0 Å². The molecule has 0 aromatic carbocycles. The average molecular weight is 326 g/mol. The van der Waals surface area contributed by atoms with Crippen LogP contribution in [0.1, 0.15) is 38.5 Å². The largest absolute Gasteiger partial charge is 0.396 e. The Hall–Kier alpha value is -0.320. The molecule has 0 bridgehead atoms. The van der Waals surface area contributed by atoms with Crippen molar-refractivity contribution in [1.82, 2.24) is 0 Å². The summed E-state index contributed by atoms with van der Waals surface area (Å²) >= 11 is 0. The lowest BCUT2D eigenvalue weighted by Crippen LogP contribution is -2.63. The first-order valence-corrected chi connectivity index (χ1v) is 7.63. The first kappa shape index (κ1) is 21.7. The Morgan fingerprint density at radius 3 is 1.36 bits per heavy atom. The SMILES string of the molecule is OCCCC(O)C(O)C(O)(C(O)CCCO)C(O)CCCO. The molecule has 0 aliphatic heterocycles. The lowest BCUT2D eigenvalue weighted by molar-refractivity contribution is -0.226. The summed E-state index contributed by atoms with van der Waals surface area (Å²) in [4.78, 5) is 0. The highest BCUT2D eigenvalue weighted by Crippen LogP contribution is 2.29. The van der Waals surface area contributed by atoms with E-state index in [0.29, 0.717) is 0 Å². The first-order chi connectivity index (χ1) is 10.4. The summed E-state index contributed by atoms with van der Waals surface area (Å²) in [5, 5.41) is 77.2. The molecular formula is C14H30O8. The lowest BCUT2D eigenvalue weighted by Gasteiger charge is -2.42. The Balaban J connectivity index is 5.10. The van der Waals surface area contributed by atoms with E-state index in [1.165, 1.54) is 0 Å². The van der Waals surface area contributed by atoms with Gasteiger partial charge in [0.25, 0.3) is 0 Å². The van der Waals surface area contributed by atoms with Crippen LogP contribution in [0.4, 0.5) is 0 Å². The Labute approximate surface area is 130 Å². The number of aliphatic hydroxyl groups excluding tert-OH is 7. The van der Waals surface area contributed by atoms with Gasteiger partial charge in [-0.05, 0) is 38.5 Å². The van der Waals surface area contributed by atoms with Crippen molar-refractivity contribution in [3.05, 3.63) is 0 Å². The molecule has 4 atom stereocenters. The van der Waals surface area contributed by atoms with Crippen LogP contribution in [0.3, 0.4) is 0 Å². The van der Waals surface area contributed by atoms with E-state index in [1.807, 2.05) is 0 Å². The zero-order valence-electron chi connectivity index (χ0n) is 12.8. The van der Waals surface area contributed by atoms with Gasteiger partial charge in [-0.3, -0.25) is 0 Å². The van der Waals surface area contributed by atoms with E-state index in [1.54, 1.807) is 0 Å². The quantitative estimate of drug-likeness (QED) is 0.184. The average Bonchev–Trinajstić information content (AvgIpc) is 2.53. The topological polar surface area (TPSA) is 162 Å². The van der Waals surface area contributed by atoms with E-state index < -0.39 is 30.0 Å². The van der Waals surface area contributed by atoms with Crippen LogP contribution in [0.5, 0.6) is 0 Å². The van der Waals surface area contributed by atoms with Crippen LogP contribution in [-0.4, -0.2) is 90.7 Å². The molecule has 0 fully saturated rings. The van der Waals surface area contributed by atoms with Crippen molar-refractivity contribution in [2.75, 3.05) is 19.8 Å². The third kappa shape index (κ3) is 6.05. The summed E-state index contributed by atoms with van der Waals surface area (Å²) in [5.41, 5.74) is -2.39. The van der Waals surface area contributed by atoms with Gasteiger partial charge in [0.2, 0.25) is 0 Å². The summed E-state index contributed by atoms with van der Waals surface area (Å²) in [6, 6.07) is 0. The molecule has 0 radical (unpaired) electrons. The maximum atomic E-state index is 10.6. The van der Waals surface area contributed by atoms with Gasteiger partial charge < -0.3 is 40.9 Å². The van der Waals surface area contributed by atoms with Crippen LogP contribution in [0.15, 0.2) is 0 Å². The predicted molar refractivity (Wildman–Crippen MR) is 77.9 cm³/mol. The summed E-state index contributed by atoms with van der Waals surface area (Å²) in [6.07, 6.45) is -6.08. The van der Waals surface area contributed by atoms with Gasteiger partial charge in [0.15, 0.2) is 0 Å². The van der Waals surface area contributed by atoms with Gasteiger partial charge in [-0.2, -0.15) is 0 Å². The van der Waals surface area contributed by atoms with Crippen molar-refractivity contribution < 1.29 is 40.9 Å². The lowest BCUT2D eigenvalue weighted by atomic mass is 9.78. The standard InChI is InChI=1S/C14H30O8/c15-7-1-4-10(18)13(21)14(22,11(19)5-2-8-16)12(20)6-3-9-17/h10-13,15-22H,1-9H2. The molecule has 0 saturated heterocycles. The van der Waals surface area contributed by atoms with Crippen LogP contribution >= 0.6 is 0 Å². The molecule has 8 nitrogen and oxygen atoms in total. The van der Waals surface area contributed by atoms with Gasteiger partial charge in [0.05, 0.1) is 18.3 Å². The summed E-state index contributed by atoms with van der Waals surface area (Å²) in [6.45, 7) is -0.672. The monoisotopic (exact) mass is 326 g/mol. The number of hydrogen-bond donors (Lipinski definition) is 8. The van der Waals surface area contributed by atoms with E-state index in [0.717, 1.165) is 0 Å². The minimum atomic E-state index is -2.39. The van der Waals surface area contributed by atoms with Crippen molar-refractivity contribution in [2.24, 2.45) is 0 Å². The number of rotatable bonds is 13. The van der Waals surface area contributed by atoms with Gasteiger partial charge >= 0.3 is 0 Å². The molecule has 22 heavy (non-hydrogen) atoms. The predicted octanol–water partition coefficient (Wildman–Crippen LogP) is -2.52. The molecule has 0 spiro atoms. The second kappa shape index (κ2) is 11.3. The fourth-order valence-electron chi connectivity index (χ4n) is 2.41. The van der Waals surface area contributed by atoms with E-state index in [-0.39, 0.29) is 58.3 Å². The molecule has 4 unspecified atom stereocenters. The van der Waals surface area contributed by atoms with E-state index >= 15 is 0 Å². The minimum Gasteiger partial charge on any atom is -0.396 e. The number of aliphatic hydroxyl groups is 8. The van der Waals surface area contributed by atoms with Crippen molar-refractivity contribution in [2.45, 2.75) is 68.5 Å². The number of hydrogen-bond acceptors (Lipinski definition) is 8. The molecule has 0 aliphatic rings. The maximum Gasteiger partial charge on any atom is 0.144 e. The third-order valence-corrected chi connectivity index (χ3v) is 3.84. The van der Waals surface area contributed by atoms with Gasteiger partial charge in [0.1, 0.15) is 11.7 Å². The molecule has 0 aliphatic carbocycles. The highest BCUT2D eigenvalue weighted by atomic mass is 16.4. The summed E-state index contributed by atoms with van der Waals surface area (Å²) in [7, 11) is 0. The summed E-state index contributed by atoms with van der Waals surface area (Å²) < 4.78 is 0. The van der Waals surface area contributed by atoms with Gasteiger partial charge in [-0.1, -0.05) is 0 Å². The fourth-order valence-corrected chi connectivity index (χ4v) is 2.41. The first-order valence-electron chi connectivity index (χ1n) is 7.63. The normalized spacial score (nSPS) is 20.2. The van der Waals surface area contributed by atoms with Crippen molar-refractivity contribution in [3.8, 4) is 0 Å². The molecule has 0 saturated carbocycles. The van der Waals surface area contributed by atoms with E-state index in [9.17, 15) is 25.5 Å². The maximum absolute atomic E-state index is 10.6. The van der Waals surface area contributed by atoms with Crippen molar-refractivity contribution in [1.29, 1.82) is 0 Å². The van der Waals surface area contributed by atoms with Crippen LogP contribution < -0.4 is 0 Å². The smallest absolute Gasteiger partial charge is 0.144 e.